The van der Waals surface area contributed by atoms with Crippen LogP contribution in [-0.2, 0) is 9.31 Å². The van der Waals surface area contributed by atoms with Crippen molar-refractivity contribution in [2.45, 2.75) is 45.8 Å². The van der Waals surface area contributed by atoms with E-state index in [2.05, 4.69) is 45.6 Å². The molecule has 1 saturated heterocycles. The Balaban J connectivity index is 2.05. The molecule has 2 rings (SSSR count). The van der Waals surface area contributed by atoms with Crippen LogP contribution in [0.1, 0.15) is 34.6 Å². The summed E-state index contributed by atoms with van der Waals surface area (Å²) in [6.07, 6.45) is 2.24. The summed E-state index contributed by atoms with van der Waals surface area (Å²) in [4.78, 5) is 2.38. The van der Waals surface area contributed by atoms with E-state index in [1.54, 1.807) is 0 Å². The van der Waals surface area contributed by atoms with Gasteiger partial charge in [-0.2, -0.15) is 0 Å². The van der Waals surface area contributed by atoms with Crippen LogP contribution < -0.4 is 0 Å². The second-order valence-corrected chi connectivity index (χ2v) is 5.70. The van der Waals surface area contributed by atoms with E-state index in [-0.39, 0.29) is 18.3 Å². The fraction of sp³-hybridized carbons (Fsp3) is 0.833. The minimum absolute atomic E-state index is 0.151. The van der Waals surface area contributed by atoms with Crippen molar-refractivity contribution in [3.8, 4) is 0 Å². The summed E-state index contributed by atoms with van der Waals surface area (Å²) in [5, 5.41) is 0. The predicted octanol–water partition coefficient (Wildman–Crippen LogP) is 1.88. The lowest BCUT2D eigenvalue weighted by atomic mass is 9.79. The van der Waals surface area contributed by atoms with Gasteiger partial charge in [0.1, 0.15) is 0 Å². The summed E-state index contributed by atoms with van der Waals surface area (Å²) in [6.45, 7) is 13.7. The third-order valence-electron chi connectivity index (χ3n) is 4.02. The molecule has 0 aliphatic carbocycles. The Kier molecular flexibility index (Phi) is 2.93. The number of rotatable bonds is 2. The first kappa shape index (κ1) is 12.2. The number of nitrogens with zero attached hydrogens (tertiary/aromatic N) is 1. The molecule has 90 valence electrons. The highest BCUT2D eigenvalue weighted by molar-refractivity contribution is 6.54. The highest BCUT2D eigenvalue weighted by Gasteiger charge is 2.52. The second kappa shape index (κ2) is 3.86. The van der Waals surface area contributed by atoms with Crippen molar-refractivity contribution in [2.75, 3.05) is 19.6 Å². The molecule has 0 N–H and O–H groups in total. The maximum absolute atomic E-state index is 6.02. The van der Waals surface area contributed by atoms with Crippen molar-refractivity contribution in [1.29, 1.82) is 0 Å². The van der Waals surface area contributed by atoms with Gasteiger partial charge in [0.15, 0.2) is 0 Å². The third-order valence-corrected chi connectivity index (χ3v) is 4.02. The first-order chi connectivity index (χ1) is 7.36. The second-order valence-electron chi connectivity index (χ2n) is 5.70. The molecule has 0 atom stereocenters. The summed E-state index contributed by atoms with van der Waals surface area (Å²) < 4.78 is 12.0. The average molecular weight is 223 g/mol. The minimum Gasteiger partial charge on any atom is -0.400 e. The van der Waals surface area contributed by atoms with Crippen LogP contribution in [0.25, 0.3) is 0 Å². The van der Waals surface area contributed by atoms with Crippen molar-refractivity contribution >= 4 is 7.12 Å². The Hall–Kier alpha value is -0.315. The van der Waals surface area contributed by atoms with Crippen molar-refractivity contribution in [2.24, 2.45) is 0 Å². The molecule has 0 bridgehead atoms. The Morgan fingerprint density at radius 1 is 1.25 bits per heavy atom. The van der Waals surface area contributed by atoms with E-state index in [0.29, 0.717) is 0 Å². The molecule has 4 heteroatoms. The molecular formula is C12H22BNO2. The molecule has 0 unspecified atom stereocenters. The van der Waals surface area contributed by atoms with Gasteiger partial charge in [-0.25, -0.2) is 0 Å². The smallest absolute Gasteiger partial charge is 0.400 e. The zero-order valence-corrected chi connectivity index (χ0v) is 11.0. The lowest BCUT2D eigenvalue weighted by molar-refractivity contribution is 0.00578. The molecule has 2 aliphatic heterocycles. The van der Waals surface area contributed by atoms with Gasteiger partial charge in [-0.3, -0.25) is 4.90 Å². The van der Waals surface area contributed by atoms with Crippen LogP contribution in [0, 0.1) is 0 Å². The van der Waals surface area contributed by atoms with Crippen molar-refractivity contribution in [3.63, 3.8) is 0 Å². The van der Waals surface area contributed by atoms with Gasteiger partial charge in [0.2, 0.25) is 0 Å². The van der Waals surface area contributed by atoms with E-state index >= 15 is 0 Å². The lowest BCUT2D eigenvalue weighted by Crippen LogP contribution is -2.41. The predicted molar refractivity (Wildman–Crippen MR) is 66.3 cm³/mol. The van der Waals surface area contributed by atoms with Crippen molar-refractivity contribution in [3.05, 3.63) is 11.5 Å². The molecule has 0 aromatic carbocycles. The van der Waals surface area contributed by atoms with Crippen molar-refractivity contribution < 1.29 is 9.31 Å². The summed E-state index contributed by atoms with van der Waals surface area (Å²) in [5.41, 5.74) is 0.830. The molecule has 2 heterocycles. The van der Waals surface area contributed by atoms with Crippen LogP contribution in [-0.4, -0.2) is 42.9 Å². The van der Waals surface area contributed by atoms with Crippen LogP contribution in [0.4, 0.5) is 0 Å². The van der Waals surface area contributed by atoms with Crippen LogP contribution in [0.5, 0.6) is 0 Å². The molecule has 0 radical (unpaired) electrons. The van der Waals surface area contributed by atoms with Gasteiger partial charge in [0.25, 0.3) is 0 Å². The SMILES string of the molecule is CCN1CC=C(B2OC(C)(C)C(C)(C)O2)C1. The van der Waals surface area contributed by atoms with Gasteiger partial charge in [0.05, 0.1) is 11.2 Å². The molecule has 0 spiro atoms. The van der Waals surface area contributed by atoms with Crippen molar-refractivity contribution in [1.82, 2.24) is 4.90 Å². The average Bonchev–Trinajstić information content (AvgIpc) is 2.70. The Morgan fingerprint density at radius 3 is 2.25 bits per heavy atom. The van der Waals surface area contributed by atoms with E-state index in [0.717, 1.165) is 19.6 Å². The highest BCUT2D eigenvalue weighted by Crippen LogP contribution is 2.39. The molecule has 2 aliphatic rings. The zero-order valence-electron chi connectivity index (χ0n) is 11.0. The molecule has 0 saturated carbocycles. The lowest BCUT2D eigenvalue weighted by Gasteiger charge is -2.32. The molecule has 1 fully saturated rings. The van der Waals surface area contributed by atoms with E-state index in [1.165, 1.54) is 5.47 Å². The van der Waals surface area contributed by atoms with Gasteiger partial charge >= 0.3 is 7.12 Å². The third kappa shape index (κ3) is 1.94. The van der Waals surface area contributed by atoms with Gasteiger partial charge in [-0.1, -0.05) is 13.0 Å². The van der Waals surface area contributed by atoms with Crippen LogP contribution in [0.15, 0.2) is 11.5 Å². The molecule has 0 aromatic heterocycles. The largest absolute Gasteiger partial charge is 0.491 e. The first-order valence-corrected chi connectivity index (χ1v) is 6.12. The minimum atomic E-state index is -0.224. The van der Waals surface area contributed by atoms with Gasteiger partial charge in [-0.05, 0) is 39.7 Å². The maximum atomic E-state index is 6.02. The van der Waals surface area contributed by atoms with Gasteiger partial charge < -0.3 is 9.31 Å². The monoisotopic (exact) mass is 223 g/mol. The standard InChI is InChI=1S/C12H22BNO2/c1-6-14-8-7-10(9-14)13-15-11(2,3)12(4,5)16-13/h7H,6,8-9H2,1-5H3. The molecule has 0 aromatic rings. The molecule has 0 amide bonds. The Labute approximate surface area is 98.9 Å². The quantitative estimate of drug-likeness (QED) is 0.667. The van der Waals surface area contributed by atoms with E-state index in [1.807, 2.05) is 0 Å². The summed E-state index contributed by atoms with van der Waals surface area (Å²) >= 11 is 0. The highest BCUT2D eigenvalue weighted by atomic mass is 16.7. The van der Waals surface area contributed by atoms with E-state index in [9.17, 15) is 0 Å². The van der Waals surface area contributed by atoms with Gasteiger partial charge in [-0.15, -0.1) is 0 Å². The number of likely N-dealkylation sites (N-methyl/N-ethyl adjacent to an activating group) is 1. The van der Waals surface area contributed by atoms with E-state index < -0.39 is 0 Å². The topological polar surface area (TPSA) is 21.7 Å². The van der Waals surface area contributed by atoms with Crippen LogP contribution in [0.3, 0.4) is 0 Å². The van der Waals surface area contributed by atoms with E-state index in [4.69, 9.17) is 9.31 Å². The molecular weight excluding hydrogens is 201 g/mol. The summed E-state index contributed by atoms with van der Waals surface area (Å²) in [5.74, 6) is 0. The molecule has 3 nitrogen and oxygen atoms in total. The van der Waals surface area contributed by atoms with Gasteiger partial charge in [0, 0.05) is 13.1 Å². The normalized spacial score (nSPS) is 28.6. The summed E-state index contributed by atoms with van der Waals surface area (Å²) in [6, 6.07) is 0. The Morgan fingerprint density at radius 2 is 1.81 bits per heavy atom. The molecule has 16 heavy (non-hydrogen) atoms. The fourth-order valence-electron chi connectivity index (χ4n) is 2.04. The maximum Gasteiger partial charge on any atom is 0.491 e. The first-order valence-electron chi connectivity index (χ1n) is 6.12. The number of hydrogen-bond donors (Lipinski definition) is 0. The van der Waals surface area contributed by atoms with Crippen LogP contribution in [0.2, 0.25) is 0 Å². The number of hydrogen-bond acceptors (Lipinski definition) is 3. The summed E-state index contributed by atoms with van der Waals surface area (Å²) in [7, 11) is -0.151. The fourth-order valence-corrected chi connectivity index (χ4v) is 2.04. The van der Waals surface area contributed by atoms with Crippen LogP contribution >= 0.6 is 0 Å². The zero-order chi connectivity index (χ0) is 12.0. The Bertz CT molecular complexity index is 296.